The molecule has 0 radical (unpaired) electrons. The Morgan fingerprint density at radius 3 is 2.72 bits per heavy atom. The molecule has 4 aromatic rings. The Labute approximate surface area is 207 Å². The summed E-state index contributed by atoms with van der Waals surface area (Å²) in [6, 6.07) is 12.8. The number of piperazine rings is 1. The molecule has 3 aromatic heterocycles. The van der Waals surface area contributed by atoms with Crippen LogP contribution in [0.3, 0.4) is 0 Å². The third kappa shape index (κ3) is 3.56. The van der Waals surface area contributed by atoms with E-state index < -0.39 is 0 Å². The van der Waals surface area contributed by atoms with Gasteiger partial charge in [0.2, 0.25) is 5.91 Å². The number of hydrogen-bond donors (Lipinski definition) is 2. The van der Waals surface area contributed by atoms with E-state index in [1.54, 1.807) is 24.5 Å². The zero-order valence-corrected chi connectivity index (χ0v) is 19.5. The van der Waals surface area contributed by atoms with Crippen LogP contribution in [0.1, 0.15) is 34.3 Å². The summed E-state index contributed by atoms with van der Waals surface area (Å²) in [6.45, 7) is 4.45. The van der Waals surface area contributed by atoms with E-state index in [0.29, 0.717) is 22.6 Å². The number of pyridine rings is 1. The summed E-state index contributed by atoms with van der Waals surface area (Å²) in [4.78, 5) is 41.0. The second kappa shape index (κ2) is 8.69. The third-order valence-corrected chi connectivity index (χ3v) is 7.07. The van der Waals surface area contributed by atoms with Crippen LogP contribution >= 0.6 is 0 Å². The number of imidazole rings is 1. The maximum Gasteiger partial charge on any atom is 0.246 e. The minimum Gasteiger partial charge on any atom is -0.382 e. The molecule has 2 saturated heterocycles. The van der Waals surface area contributed by atoms with Crippen molar-refractivity contribution in [2.45, 2.75) is 31.0 Å². The number of nitrogens with two attached hydrogens (primary N) is 1. The highest BCUT2D eigenvalue weighted by Crippen LogP contribution is 2.41. The van der Waals surface area contributed by atoms with Gasteiger partial charge < -0.3 is 16.0 Å². The molecular formula is C27H25N7O2. The first-order valence-electron chi connectivity index (χ1n) is 11.9. The lowest BCUT2D eigenvalue weighted by Gasteiger charge is -2.34. The summed E-state index contributed by atoms with van der Waals surface area (Å²) in [5.41, 5.74) is 9.79. The molecule has 6 rings (SSSR count). The zero-order valence-electron chi connectivity index (χ0n) is 19.5. The van der Waals surface area contributed by atoms with Gasteiger partial charge in [-0.2, -0.15) is 0 Å². The molecule has 2 fully saturated rings. The Hall–Kier alpha value is -4.37. The molecule has 2 aliphatic rings. The molecule has 2 unspecified atom stereocenters. The van der Waals surface area contributed by atoms with Crippen molar-refractivity contribution in [3.63, 3.8) is 0 Å². The summed E-state index contributed by atoms with van der Waals surface area (Å²) >= 11 is 0. The maximum absolute atomic E-state index is 12.8. The van der Waals surface area contributed by atoms with Gasteiger partial charge in [-0.15, -0.1) is 0 Å². The fourth-order valence-electron chi connectivity index (χ4n) is 5.43. The van der Waals surface area contributed by atoms with Gasteiger partial charge in [0.05, 0.1) is 6.42 Å². The summed E-state index contributed by atoms with van der Waals surface area (Å²) < 4.78 is 1.92. The second-order valence-electron chi connectivity index (χ2n) is 9.15. The molecule has 36 heavy (non-hydrogen) atoms. The van der Waals surface area contributed by atoms with Crippen LogP contribution in [0.5, 0.6) is 0 Å². The number of amides is 1. The number of Topliss-reactive ketones (excluding diaryl/α,β-unsaturated/α-hetero) is 1. The van der Waals surface area contributed by atoms with E-state index in [0.717, 1.165) is 30.0 Å². The van der Waals surface area contributed by atoms with E-state index >= 15 is 0 Å². The van der Waals surface area contributed by atoms with Crippen LogP contribution in [0.25, 0.3) is 16.8 Å². The predicted molar refractivity (Wildman–Crippen MR) is 135 cm³/mol. The van der Waals surface area contributed by atoms with Crippen molar-refractivity contribution in [1.82, 2.24) is 29.6 Å². The van der Waals surface area contributed by atoms with E-state index in [2.05, 4.69) is 21.9 Å². The van der Waals surface area contributed by atoms with Gasteiger partial charge in [-0.25, -0.2) is 9.97 Å². The highest BCUT2D eigenvalue weighted by Gasteiger charge is 2.50. The zero-order chi connectivity index (χ0) is 24.8. The molecule has 2 bridgehead atoms. The fraction of sp³-hybridized carbons (Fsp3) is 0.222. The lowest BCUT2D eigenvalue weighted by molar-refractivity contribution is -0.130. The average Bonchev–Trinajstić information content (AvgIpc) is 3.63. The number of likely N-dealkylation sites (tertiary alicyclic amines) is 1. The summed E-state index contributed by atoms with van der Waals surface area (Å²) in [7, 11) is 0. The highest BCUT2D eigenvalue weighted by molar-refractivity contribution is 5.98. The Kier molecular flexibility index (Phi) is 5.34. The van der Waals surface area contributed by atoms with Crippen LogP contribution in [-0.4, -0.2) is 54.6 Å². The Bertz CT molecular complexity index is 1480. The normalized spacial score (nSPS) is 20.7. The number of fused-ring (bicyclic) bond motifs is 3. The van der Waals surface area contributed by atoms with Crippen molar-refractivity contribution in [1.29, 1.82) is 0 Å². The van der Waals surface area contributed by atoms with Gasteiger partial charge in [-0.05, 0) is 24.6 Å². The van der Waals surface area contributed by atoms with Crippen molar-refractivity contribution >= 4 is 23.0 Å². The smallest absolute Gasteiger partial charge is 0.246 e. The standard InChI is InChI=1S/C27H25N7O2/c1-2-22(36)34-19-14-20(31-15-19)24(34)27-32-23(25-26(28)30-11-12-33(25)27)17-8-6-16(7-9-17)21(35)13-18-5-3-4-10-29-18/h2-12,19-20,24,31H,1,13-15H2,(H2,28,30)/t19?,20-,24?/m0/s1. The molecule has 0 aliphatic carbocycles. The van der Waals surface area contributed by atoms with Gasteiger partial charge in [0, 0.05) is 54.0 Å². The van der Waals surface area contributed by atoms with Gasteiger partial charge in [0.1, 0.15) is 28.9 Å². The molecule has 180 valence electrons. The minimum absolute atomic E-state index is 0.0107. The van der Waals surface area contributed by atoms with Crippen molar-refractivity contribution in [2.75, 3.05) is 12.3 Å². The maximum atomic E-state index is 12.8. The predicted octanol–water partition coefficient (Wildman–Crippen LogP) is 2.60. The van der Waals surface area contributed by atoms with E-state index in [-0.39, 0.29) is 36.2 Å². The number of rotatable bonds is 6. The van der Waals surface area contributed by atoms with Gasteiger partial charge in [0.15, 0.2) is 5.78 Å². The molecule has 5 heterocycles. The quantitative estimate of drug-likeness (QED) is 0.322. The number of hydrogen-bond acceptors (Lipinski definition) is 7. The molecule has 1 aromatic carbocycles. The Morgan fingerprint density at radius 2 is 1.97 bits per heavy atom. The summed E-state index contributed by atoms with van der Waals surface area (Å²) in [5, 5.41) is 3.51. The molecular weight excluding hydrogens is 454 g/mol. The Morgan fingerprint density at radius 1 is 1.14 bits per heavy atom. The molecule has 0 spiro atoms. The molecule has 9 heteroatoms. The SMILES string of the molecule is C=CC(=O)N1C2CN[C@@H](C2)C1c1nc(-c2ccc(C(=O)Cc3ccccn3)cc2)c2c(N)nccn12. The average molecular weight is 480 g/mol. The highest BCUT2D eigenvalue weighted by atomic mass is 16.2. The first kappa shape index (κ1) is 22.1. The second-order valence-corrected chi connectivity index (χ2v) is 9.15. The number of benzene rings is 1. The fourth-order valence-corrected chi connectivity index (χ4v) is 5.43. The van der Waals surface area contributed by atoms with Crippen LogP contribution in [0.4, 0.5) is 5.82 Å². The largest absolute Gasteiger partial charge is 0.382 e. The molecule has 1 amide bonds. The van der Waals surface area contributed by atoms with Crippen molar-refractivity contribution in [3.05, 3.63) is 90.8 Å². The first-order chi connectivity index (χ1) is 17.5. The van der Waals surface area contributed by atoms with Crippen molar-refractivity contribution in [3.8, 4) is 11.3 Å². The van der Waals surface area contributed by atoms with E-state index in [4.69, 9.17) is 10.7 Å². The number of nitrogens with one attached hydrogen (secondary N) is 1. The van der Waals surface area contributed by atoms with E-state index in [1.807, 2.05) is 45.8 Å². The lowest BCUT2D eigenvalue weighted by Crippen LogP contribution is -2.48. The molecule has 0 saturated carbocycles. The molecule has 2 aliphatic heterocycles. The number of anilines is 1. The van der Waals surface area contributed by atoms with Crippen LogP contribution < -0.4 is 11.1 Å². The number of carbonyl (C=O) groups excluding carboxylic acids is 2. The number of nitrogens with zero attached hydrogens (tertiary/aromatic N) is 5. The third-order valence-electron chi connectivity index (χ3n) is 7.07. The van der Waals surface area contributed by atoms with Crippen LogP contribution in [0, 0.1) is 0 Å². The van der Waals surface area contributed by atoms with Crippen LogP contribution in [0.2, 0.25) is 0 Å². The van der Waals surface area contributed by atoms with Crippen LogP contribution in [-0.2, 0) is 11.2 Å². The number of ketones is 1. The number of carbonyl (C=O) groups is 2. The van der Waals surface area contributed by atoms with Gasteiger partial charge >= 0.3 is 0 Å². The minimum atomic E-state index is -0.253. The van der Waals surface area contributed by atoms with E-state index in [1.165, 1.54) is 6.08 Å². The monoisotopic (exact) mass is 479 g/mol. The van der Waals surface area contributed by atoms with Gasteiger partial charge in [0.25, 0.3) is 0 Å². The van der Waals surface area contributed by atoms with Gasteiger partial charge in [-0.1, -0.05) is 36.9 Å². The van der Waals surface area contributed by atoms with Crippen molar-refractivity contribution in [2.24, 2.45) is 0 Å². The van der Waals surface area contributed by atoms with E-state index in [9.17, 15) is 9.59 Å². The Balaban J connectivity index is 1.39. The number of aromatic nitrogens is 4. The topological polar surface area (TPSA) is 119 Å². The lowest BCUT2D eigenvalue weighted by atomic mass is 10.0. The van der Waals surface area contributed by atoms with Crippen LogP contribution in [0.15, 0.2) is 73.7 Å². The first-order valence-corrected chi connectivity index (χ1v) is 11.9. The van der Waals surface area contributed by atoms with Gasteiger partial charge in [-0.3, -0.25) is 19.0 Å². The van der Waals surface area contributed by atoms with Crippen molar-refractivity contribution < 1.29 is 9.59 Å². The number of nitrogen functional groups attached to an aromatic ring is 1. The summed E-state index contributed by atoms with van der Waals surface area (Å²) in [5.74, 6) is 0.951. The molecule has 3 N–H and O–H groups in total. The molecule has 9 nitrogen and oxygen atoms in total. The molecule has 3 atom stereocenters. The summed E-state index contributed by atoms with van der Waals surface area (Å²) in [6.07, 6.45) is 7.60.